The van der Waals surface area contributed by atoms with Crippen LogP contribution in [0.4, 0.5) is 0 Å². The number of hydrogen-bond acceptors (Lipinski definition) is 2. The fraction of sp³-hybridized carbons (Fsp3) is 0.462. The summed E-state index contributed by atoms with van der Waals surface area (Å²) in [5, 5.41) is 6.48. The van der Waals surface area contributed by atoms with Gasteiger partial charge in [0.05, 0.1) is 7.11 Å². The zero-order valence-corrected chi connectivity index (χ0v) is 13.5. The molecule has 0 saturated carbocycles. The van der Waals surface area contributed by atoms with Gasteiger partial charge in [0.2, 0.25) is 0 Å². The minimum absolute atomic E-state index is 0. The second kappa shape index (κ2) is 9.99. The highest BCUT2D eigenvalue weighted by atomic mass is 127. The van der Waals surface area contributed by atoms with Crippen LogP contribution in [0.5, 0.6) is 5.75 Å². The molecule has 1 rings (SSSR count). The molecule has 102 valence electrons. The predicted octanol–water partition coefficient (Wildman–Crippen LogP) is 2.39. The average Bonchev–Trinajstić information content (AvgIpc) is 2.39. The standard InChI is InChI=1S/C13H21N3O.HI/c1-4-9-15-13(14-2)16-10-11-5-7-12(17-3)8-6-11;/h5-8H,4,9-10H2,1-3H3,(H2,14,15,16);1H. The number of benzene rings is 1. The number of rotatable bonds is 5. The van der Waals surface area contributed by atoms with E-state index in [0.717, 1.165) is 31.2 Å². The third-order valence-electron chi connectivity index (χ3n) is 2.39. The lowest BCUT2D eigenvalue weighted by molar-refractivity contribution is 0.414. The largest absolute Gasteiger partial charge is 0.497 e. The summed E-state index contributed by atoms with van der Waals surface area (Å²) >= 11 is 0. The minimum atomic E-state index is 0. The Hall–Kier alpha value is -0.980. The maximum Gasteiger partial charge on any atom is 0.191 e. The summed E-state index contributed by atoms with van der Waals surface area (Å²) in [7, 11) is 3.45. The third-order valence-corrected chi connectivity index (χ3v) is 2.39. The van der Waals surface area contributed by atoms with Crippen LogP contribution in [0.1, 0.15) is 18.9 Å². The van der Waals surface area contributed by atoms with Crippen LogP contribution in [0.2, 0.25) is 0 Å². The quantitative estimate of drug-likeness (QED) is 0.480. The zero-order valence-electron chi connectivity index (χ0n) is 11.2. The molecular weight excluding hydrogens is 341 g/mol. The van der Waals surface area contributed by atoms with Crippen LogP contribution in [0.15, 0.2) is 29.3 Å². The highest BCUT2D eigenvalue weighted by molar-refractivity contribution is 14.0. The lowest BCUT2D eigenvalue weighted by Crippen LogP contribution is -2.37. The summed E-state index contributed by atoms with van der Waals surface area (Å²) < 4.78 is 5.11. The van der Waals surface area contributed by atoms with Gasteiger partial charge in [0.25, 0.3) is 0 Å². The number of ether oxygens (including phenoxy) is 1. The molecule has 0 amide bonds. The maximum absolute atomic E-state index is 5.11. The van der Waals surface area contributed by atoms with E-state index in [4.69, 9.17) is 4.74 Å². The van der Waals surface area contributed by atoms with Crippen LogP contribution in [0.3, 0.4) is 0 Å². The van der Waals surface area contributed by atoms with Gasteiger partial charge >= 0.3 is 0 Å². The van der Waals surface area contributed by atoms with Crippen molar-refractivity contribution in [3.63, 3.8) is 0 Å². The van der Waals surface area contributed by atoms with E-state index >= 15 is 0 Å². The van der Waals surface area contributed by atoms with Crippen molar-refractivity contribution in [1.82, 2.24) is 10.6 Å². The Balaban J connectivity index is 0.00000289. The fourth-order valence-corrected chi connectivity index (χ4v) is 1.39. The lowest BCUT2D eigenvalue weighted by atomic mass is 10.2. The van der Waals surface area contributed by atoms with E-state index in [0.29, 0.717) is 0 Å². The topological polar surface area (TPSA) is 45.7 Å². The Morgan fingerprint density at radius 3 is 2.39 bits per heavy atom. The number of aliphatic imine (C=N–C) groups is 1. The van der Waals surface area contributed by atoms with Gasteiger partial charge in [0, 0.05) is 20.1 Å². The number of guanidine groups is 1. The van der Waals surface area contributed by atoms with Gasteiger partial charge in [-0.1, -0.05) is 19.1 Å². The van der Waals surface area contributed by atoms with Gasteiger partial charge in [-0.15, -0.1) is 24.0 Å². The van der Waals surface area contributed by atoms with Crippen LogP contribution < -0.4 is 15.4 Å². The molecule has 0 aliphatic rings. The molecule has 1 aromatic carbocycles. The van der Waals surface area contributed by atoms with Crippen molar-refractivity contribution in [1.29, 1.82) is 0 Å². The molecule has 0 unspecified atom stereocenters. The van der Waals surface area contributed by atoms with Crippen LogP contribution in [0, 0.1) is 0 Å². The highest BCUT2D eigenvalue weighted by Crippen LogP contribution is 2.10. The number of halogens is 1. The molecular formula is C13H22IN3O. The van der Waals surface area contributed by atoms with Crippen molar-refractivity contribution in [2.75, 3.05) is 20.7 Å². The molecule has 0 radical (unpaired) electrons. The van der Waals surface area contributed by atoms with Crippen LogP contribution in [-0.4, -0.2) is 26.7 Å². The SMILES string of the molecule is CCCNC(=NC)NCc1ccc(OC)cc1.I. The number of hydrogen-bond donors (Lipinski definition) is 2. The van der Waals surface area contributed by atoms with Gasteiger partial charge in [-0.2, -0.15) is 0 Å². The first kappa shape index (κ1) is 17.0. The first-order chi connectivity index (χ1) is 8.30. The summed E-state index contributed by atoms with van der Waals surface area (Å²) in [6.45, 7) is 3.82. The van der Waals surface area contributed by atoms with Crippen LogP contribution >= 0.6 is 24.0 Å². The first-order valence-corrected chi connectivity index (χ1v) is 5.87. The molecule has 5 heteroatoms. The van der Waals surface area contributed by atoms with Crippen molar-refractivity contribution in [3.05, 3.63) is 29.8 Å². The van der Waals surface area contributed by atoms with Gasteiger partial charge < -0.3 is 15.4 Å². The Kier molecular flexibility index (Phi) is 9.45. The Bertz CT molecular complexity index is 352. The minimum Gasteiger partial charge on any atom is -0.497 e. The van der Waals surface area contributed by atoms with E-state index in [9.17, 15) is 0 Å². The predicted molar refractivity (Wildman–Crippen MR) is 86.9 cm³/mol. The molecule has 0 aliphatic heterocycles. The summed E-state index contributed by atoms with van der Waals surface area (Å²) in [4.78, 5) is 4.14. The number of methoxy groups -OCH3 is 1. The molecule has 0 saturated heterocycles. The molecule has 4 nitrogen and oxygen atoms in total. The van der Waals surface area contributed by atoms with Crippen molar-refractivity contribution in [2.45, 2.75) is 19.9 Å². The monoisotopic (exact) mass is 363 g/mol. The van der Waals surface area contributed by atoms with E-state index in [1.807, 2.05) is 24.3 Å². The number of nitrogens with zero attached hydrogens (tertiary/aromatic N) is 1. The normalized spacial score (nSPS) is 10.5. The summed E-state index contributed by atoms with van der Waals surface area (Å²) in [5.74, 6) is 1.71. The van der Waals surface area contributed by atoms with Crippen molar-refractivity contribution in [3.8, 4) is 5.75 Å². The molecule has 18 heavy (non-hydrogen) atoms. The lowest BCUT2D eigenvalue weighted by Gasteiger charge is -2.11. The van der Waals surface area contributed by atoms with E-state index in [1.54, 1.807) is 14.2 Å². The van der Waals surface area contributed by atoms with E-state index in [1.165, 1.54) is 5.56 Å². The maximum atomic E-state index is 5.11. The van der Waals surface area contributed by atoms with Gasteiger partial charge in [0.15, 0.2) is 5.96 Å². The second-order valence-electron chi connectivity index (χ2n) is 3.70. The van der Waals surface area contributed by atoms with Crippen LogP contribution in [-0.2, 0) is 6.54 Å². The second-order valence-corrected chi connectivity index (χ2v) is 3.70. The molecule has 2 N–H and O–H groups in total. The van der Waals surface area contributed by atoms with Crippen molar-refractivity contribution in [2.24, 2.45) is 4.99 Å². The fourth-order valence-electron chi connectivity index (χ4n) is 1.39. The summed E-state index contributed by atoms with van der Waals surface area (Å²) in [5.41, 5.74) is 1.20. The summed E-state index contributed by atoms with van der Waals surface area (Å²) in [6, 6.07) is 8.00. The molecule has 0 fully saturated rings. The average molecular weight is 363 g/mol. The van der Waals surface area contributed by atoms with Gasteiger partial charge in [-0.05, 0) is 24.1 Å². The van der Waals surface area contributed by atoms with Gasteiger partial charge in [-0.3, -0.25) is 4.99 Å². The molecule has 0 aromatic heterocycles. The van der Waals surface area contributed by atoms with Crippen molar-refractivity contribution < 1.29 is 4.74 Å². The zero-order chi connectivity index (χ0) is 12.5. The Labute approximate surface area is 126 Å². The molecule has 1 aromatic rings. The third kappa shape index (κ3) is 6.09. The number of nitrogens with one attached hydrogen (secondary N) is 2. The smallest absolute Gasteiger partial charge is 0.191 e. The van der Waals surface area contributed by atoms with Crippen molar-refractivity contribution >= 4 is 29.9 Å². The Morgan fingerprint density at radius 1 is 1.22 bits per heavy atom. The highest BCUT2D eigenvalue weighted by Gasteiger charge is 1.97. The van der Waals surface area contributed by atoms with E-state index in [2.05, 4.69) is 22.5 Å². The molecule has 0 bridgehead atoms. The van der Waals surface area contributed by atoms with E-state index in [-0.39, 0.29) is 24.0 Å². The van der Waals surface area contributed by atoms with Crippen LogP contribution in [0.25, 0.3) is 0 Å². The van der Waals surface area contributed by atoms with E-state index < -0.39 is 0 Å². The molecule has 0 spiro atoms. The molecule has 0 atom stereocenters. The molecule has 0 heterocycles. The summed E-state index contributed by atoms with van der Waals surface area (Å²) in [6.07, 6.45) is 1.09. The van der Waals surface area contributed by atoms with Gasteiger partial charge in [-0.25, -0.2) is 0 Å². The Morgan fingerprint density at radius 2 is 1.89 bits per heavy atom. The van der Waals surface area contributed by atoms with Gasteiger partial charge in [0.1, 0.15) is 5.75 Å². The first-order valence-electron chi connectivity index (χ1n) is 5.87. The molecule has 0 aliphatic carbocycles.